The number of aromatic amines is 1. The van der Waals surface area contributed by atoms with Gasteiger partial charge in [0.15, 0.2) is 0 Å². The van der Waals surface area contributed by atoms with Crippen molar-refractivity contribution in [1.82, 2.24) is 15.1 Å². The first-order valence-corrected chi connectivity index (χ1v) is 9.04. The van der Waals surface area contributed by atoms with Gasteiger partial charge in [0, 0.05) is 17.1 Å². The molecule has 2 aliphatic rings. The molecule has 1 aromatic heterocycles. The van der Waals surface area contributed by atoms with Crippen molar-refractivity contribution < 1.29 is 8.57 Å². The number of likely N-dealkylation sites (tertiary alicyclic amines) is 1. The third-order valence-electron chi connectivity index (χ3n) is 4.97. The van der Waals surface area contributed by atoms with Gasteiger partial charge in [0.2, 0.25) is 12.3 Å². The summed E-state index contributed by atoms with van der Waals surface area (Å²) in [5.41, 5.74) is 4.15. The van der Waals surface area contributed by atoms with E-state index in [0.29, 0.717) is 5.92 Å². The van der Waals surface area contributed by atoms with Gasteiger partial charge in [-0.15, -0.1) is 0 Å². The van der Waals surface area contributed by atoms with Gasteiger partial charge < -0.3 is 9.88 Å². The highest BCUT2D eigenvalue weighted by molar-refractivity contribution is 7.90. The van der Waals surface area contributed by atoms with Crippen molar-refractivity contribution >= 4 is 23.2 Å². The first-order chi connectivity index (χ1) is 11.3. The lowest BCUT2D eigenvalue weighted by molar-refractivity contribution is -0.302. The van der Waals surface area contributed by atoms with Crippen LogP contribution in [-0.2, 0) is 15.0 Å². The molecule has 0 radical (unpaired) electrons. The highest BCUT2D eigenvalue weighted by Crippen LogP contribution is 2.33. The van der Waals surface area contributed by atoms with Crippen molar-refractivity contribution in [2.24, 2.45) is 0 Å². The monoisotopic (exact) mass is 333 g/mol. The van der Waals surface area contributed by atoms with Gasteiger partial charge in [0.05, 0.1) is 6.54 Å². The Morgan fingerprint density at radius 3 is 2.83 bits per heavy atom. The third-order valence-corrected chi connectivity index (χ3v) is 5.42. The summed E-state index contributed by atoms with van der Waals surface area (Å²) < 4.78 is 10.1. The van der Waals surface area contributed by atoms with Crippen molar-refractivity contribution in [2.75, 3.05) is 26.7 Å². The molecule has 0 aliphatic carbocycles. The van der Waals surface area contributed by atoms with Crippen LogP contribution < -0.4 is 0 Å². The van der Waals surface area contributed by atoms with Crippen LogP contribution in [0.25, 0.3) is 10.9 Å². The van der Waals surface area contributed by atoms with Gasteiger partial charge in [-0.1, -0.05) is 6.07 Å². The van der Waals surface area contributed by atoms with Crippen LogP contribution in [0.5, 0.6) is 0 Å². The summed E-state index contributed by atoms with van der Waals surface area (Å²) in [5, 5.41) is 2.94. The molecule has 3 heterocycles. The molecule has 6 heteroatoms. The number of hydrogen-bond acceptors (Lipinski definition) is 5. The van der Waals surface area contributed by atoms with Crippen molar-refractivity contribution in [3.05, 3.63) is 35.5 Å². The molecule has 4 rings (SSSR count). The molecule has 2 saturated heterocycles. The van der Waals surface area contributed by atoms with Crippen LogP contribution in [0.1, 0.15) is 36.3 Å². The fourth-order valence-electron chi connectivity index (χ4n) is 3.56. The molecule has 5 nitrogen and oxygen atoms in total. The van der Waals surface area contributed by atoms with Gasteiger partial charge in [-0.25, -0.2) is 0 Å². The smallest absolute Gasteiger partial charge is 0.203 e. The number of nitrogens with one attached hydrogen (secondary N) is 1. The van der Waals surface area contributed by atoms with Crippen LogP contribution >= 0.6 is 12.3 Å². The molecule has 1 aromatic carbocycles. The highest BCUT2D eigenvalue weighted by atomic mass is 32.2. The minimum atomic E-state index is 0.690. The van der Waals surface area contributed by atoms with Crippen molar-refractivity contribution in [2.45, 2.75) is 31.6 Å². The highest BCUT2D eigenvalue weighted by Gasteiger charge is 2.21. The standard InChI is InChI=1S/C17H23N3O2S/c1-19-9-6-14(7-10-19)16-12-18-17-5-4-13(11-15(16)17)3-2-8-20-21-23-22-20/h4-5,11-12,14,18H,2-3,6-10H2,1H3. The number of hydroxylamine groups is 2. The number of aryl methyl sites for hydroxylation is 1. The van der Waals surface area contributed by atoms with Crippen LogP contribution in [0.4, 0.5) is 0 Å². The van der Waals surface area contributed by atoms with Crippen LogP contribution in [-0.4, -0.2) is 41.8 Å². The number of piperidine rings is 1. The summed E-state index contributed by atoms with van der Waals surface area (Å²) in [7, 11) is 2.22. The summed E-state index contributed by atoms with van der Waals surface area (Å²) in [6.45, 7) is 3.20. The van der Waals surface area contributed by atoms with Crippen LogP contribution in [0.15, 0.2) is 24.4 Å². The van der Waals surface area contributed by atoms with Crippen molar-refractivity contribution in [3.8, 4) is 0 Å². The maximum atomic E-state index is 5.05. The fraction of sp³-hybridized carbons (Fsp3) is 0.529. The lowest BCUT2D eigenvalue weighted by Crippen LogP contribution is -2.29. The number of aromatic nitrogens is 1. The Morgan fingerprint density at radius 1 is 1.26 bits per heavy atom. The van der Waals surface area contributed by atoms with E-state index < -0.39 is 0 Å². The van der Waals surface area contributed by atoms with E-state index in [-0.39, 0.29) is 0 Å². The summed E-state index contributed by atoms with van der Waals surface area (Å²) in [6, 6.07) is 6.81. The molecule has 124 valence electrons. The minimum absolute atomic E-state index is 0.690. The molecule has 0 bridgehead atoms. The molecular formula is C17H23N3O2S. The molecule has 2 aromatic rings. The molecule has 2 fully saturated rings. The molecule has 0 atom stereocenters. The zero-order chi connectivity index (χ0) is 15.6. The molecule has 0 amide bonds. The van der Waals surface area contributed by atoms with E-state index in [0.717, 1.165) is 31.7 Å². The number of hydrogen-bond donors (Lipinski definition) is 1. The normalized spacial score (nSPS) is 20.9. The fourth-order valence-corrected chi connectivity index (χ4v) is 3.86. The van der Waals surface area contributed by atoms with E-state index in [4.69, 9.17) is 8.57 Å². The summed E-state index contributed by atoms with van der Waals surface area (Å²) in [5.74, 6) is 0.690. The Bertz CT molecular complexity index is 663. The number of fused-ring (bicyclic) bond motifs is 1. The van der Waals surface area contributed by atoms with E-state index in [1.807, 2.05) is 0 Å². The van der Waals surface area contributed by atoms with E-state index >= 15 is 0 Å². The molecule has 2 aliphatic heterocycles. The van der Waals surface area contributed by atoms with Gasteiger partial charge in [-0.3, -0.25) is 0 Å². The molecule has 0 spiro atoms. The van der Waals surface area contributed by atoms with Gasteiger partial charge in [-0.2, -0.15) is 8.57 Å². The summed E-state index contributed by atoms with van der Waals surface area (Å²) in [6.07, 6.45) is 6.81. The minimum Gasteiger partial charge on any atom is -0.361 e. The third kappa shape index (κ3) is 3.41. The Balaban J connectivity index is 1.46. The topological polar surface area (TPSA) is 40.7 Å². The zero-order valence-corrected chi connectivity index (χ0v) is 14.3. The molecule has 23 heavy (non-hydrogen) atoms. The lowest BCUT2D eigenvalue weighted by atomic mass is 9.89. The summed E-state index contributed by atoms with van der Waals surface area (Å²) in [4.78, 5) is 5.88. The Kier molecular flexibility index (Phi) is 4.59. The lowest BCUT2D eigenvalue weighted by Gasteiger charge is -2.28. The Morgan fingerprint density at radius 2 is 2.09 bits per heavy atom. The predicted octanol–water partition coefficient (Wildman–Crippen LogP) is 3.65. The summed E-state index contributed by atoms with van der Waals surface area (Å²) >= 11 is 1.03. The van der Waals surface area contributed by atoms with Gasteiger partial charge in [0.1, 0.15) is 0 Å². The first kappa shape index (κ1) is 15.5. The largest absolute Gasteiger partial charge is 0.361 e. The second-order valence-electron chi connectivity index (χ2n) is 6.58. The quantitative estimate of drug-likeness (QED) is 0.846. The number of nitrogens with zero attached hydrogens (tertiary/aromatic N) is 2. The van der Waals surface area contributed by atoms with E-state index in [9.17, 15) is 0 Å². The Hall–Kier alpha value is -1.05. The predicted molar refractivity (Wildman–Crippen MR) is 92.6 cm³/mol. The van der Waals surface area contributed by atoms with Crippen molar-refractivity contribution in [1.29, 1.82) is 0 Å². The second kappa shape index (κ2) is 6.83. The van der Waals surface area contributed by atoms with E-state index in [2.05, 4.69) is 41.3 Å². The van der Waals surface area contributed by atoms with E-state index in [1.165, 1.54) is 53.2 Å². The molecule has 0 unspecified atom stereocenters. The Labute approximate surface area is 141 Å². The average molecular weight is 333 g/mol. The molecule has 1 N–H and O–H groups in total. The maximum absolute atomic E-state index is 5.05. The SMILES string of the molecule is CN1CCC(c2c[nH]c3ccc(CCCN4OSO4)cc23)CC1. The first-order valence-electron chi connectivity index (χ1n) is 8.37. The molecule has 0 saturated carbocycles. The molecular weight excluding hydrogens is 310 g/mol. The van der Waals surface area contributed by atoms with E-state index in [1.54, 1.807) is 0 Å². The number of H-pyrrole nitrogens is 1. The van der Waals surface area contributed by atoms with Crippen LogP contribution in [0.3, 0.4) is 0 Å². The van der Waals surface area contributed by atoms with Gasteiger partial charge >= 0.3 is 0 Å². The van der Waals surface area contributed by atoms with Crippen LogP contribution in [0, 0.1) is 0 Å². The maximum Gasteiger partial charge on any atom is 0.203 e. The second-order valence-corrected chi connectivity index (χ2v) is 7.01. The van der Waals surface area contributed by atoms with Gasteiger partial charge in [0.25, 0.3) is 0 Å². The number of rotatable bonds is 5. The number of benzene rings is 1. The average Bonchev–Trinajstić information content (AvgIpc) is 2.94. The van der Waals surface area contributed by atoms with Crippen LogP contribution in [0.2, 0.25) is 0 Å². The van der Waals surface area contributed by atoms with Crippen molar-refractivity contribution in [3.63, 3.8) is 0 Å². The zero-order valence-electron chi connectivity index (χ0n) is 13.5. The van der Waals surface area contributed by atoms with Gasteiger partial charge in [-0.05, 0) is 80.2 Å².